The Bertz CT molecular complexity index is 793. The maximum Gasteiger partial charge on any atom is 0.161 e. The third kappa shape index (κ3) is 7.73. The van der Waals surface area contributed by atoms with Crippen LogP contribution in [0, 0.1) is 6.92 Å². The van der Waals surface area contributed by atoms with E-state index in [9.17, 15) is 10.2 Å². The van der Waals surface area contributed by atoms with Crippen molar-refractivity contribution in [1.29, 1.82) is 0 Å². The number of hydrogen-bond donors (Lipinski definition) is 3. The molecule has 8 heteroatoms. The van der Waals surface area contributed by atoms with Gasteiger partial charge in [-0.1, -0.05) is 6.07 Å². The zero-order valence-electron chi connectivity index (χ0n) is 18.5. The number of thiazole rings is 1. The predicted octanol–water partition coefficient (Wildman–Crippen LogP) is 2.38. The van der Waals surface area contributed by atoms with Crippen LogP contribution in [0.25, 0.3) is 0 Å². The highest BCUT2D eigenvalue weighted by Crippen LogP contribution is 2.28. The van der Waals surface area contributed by atoms with Gasteiger partial charge in [0.15, 0.2) is 11.5 Å². The number of β-amino-alcohol motifs (C(OH)–C–C–N with tert-alkyl or cyclic N) is 1. The first-order chi connectivity index (χ1) is 15.0. The van der Waals surface area contributed by atoms with Crippen molar-refractivity contribution in [3.63, 3.8) is 0 Å². The van der Waals surface area contributed by atoms with Crippen molar-refractivity contribution >= 4 is 11.3 Å². The molecule has 0 radical (unpaired) electrons. The summed E-state index contributed by atoms with van der Waals surface area (Å²) in [7, 11) is 1.63. The average Bonchev–Trinajstić information content (AvgIpc) is 3.18. The number of aliphatic hydroxyl groups excluding tert-OH is 2. The van der Waals surface area contributed by atoms with Crippen molar-refractivity contribution in [2.75, 3.05) is 39.9 Å². The summed E-state index contributed by atoms with van der Waals surface area (Å²) < 4.78 is 11.3. The van der Waals surface area contributed by atoms with Crippen molar-refractivity contribution < 1.29 is 19.7 Å². The second-order valence-electron chi connectivity index (χ2n) is 8.12. The molecule has 0 bridgehead atoms. The largest absolute Gasteiger partial charge is 0.493 e. The number of aryl methyl sites for hydroxylation is 2. The number of benzene rings is 1. The van der Waals surface area contributed by atoms with E-state index in [0.717, 1.165) is 63.1 Å². The van der Waals surface area contributed by atoms with E-state index >= 15 is 0 Å². The predicted molar refractivity (Wildman–Crippen MR) is 123 cm³/mol. The van der Waals surface area contributed by atoms with E-state index in [1.165, 1.54) is 4.88 Å². The fraction of sp³-hybridized carbons (Fsp3) is 0.609. The molecular formula is C23H35N3O4S. The molecule has 1 aliphatic heterocycles. The molecule has 0 spiro atoms. The van der Waals surface area contributed by atoms with Crippen LogP contribution in [0.2, 0.25) is 0 Å². The van der Waals surface area contributed by atoms with E-state index in [2.05, 4.69) is 22.1 Å². The van der Waals surface area contributed by atoms with Crippen molar-refractivity contribution in [2.24, 2.45) is 0 Å². The molecule has 1 atom stereocenters. The van der Waals surface area contributed by atoms with Crippen molar-refractivity contribution in [2.45, 2.75) is 51.4 Å². The first-order valence-electron chi connectivity index (χ1n) is 11.0. The molecule has 1 aliphatic rings. The number of ether oxygens (including phenoxy) is 2. The molecule has 0 saturated carbocycles. The third-order valence-electron chi connectivity index (χ3n) is 5.62. The number of hydrogen-bond acceptors (Lipinski definition) is 8. The zero-order chi connectivity index (χ0) is 22.1. The van der Waals surface area contributed by atoms with Gasteiger partial charge in [-0.05, 0) is 56.8 Å². The van der Waals surface area contributed by atoms with E-state index in [0.29, 0.717) is 18.0 Å². The minimum Gasteiger partial charge on any atom is -0.493 e. The number of nitrogens with one attached hydrogen (secondary N) is 1. The quantitative estimate of drug-likeness (QED) is 0.429. The van der Waals surface area contributed by atoms with E-state index in [1.54, 1.807) is 18.4 Å². The SMILES string of the molecule is COc1cc(CNCCCc2scnc2C)ccc1OCC(O)CN1CCC(O)CC1. The summed E-state index contributed by atoms with van der Waals surface area (Å²) in [6, 6.07) is 5.91. The molecule has 1 saturated heterocycles. The number of aromatic nitrogens is 1. The molecule has 1 aromatic carbocycles. The van der Waals surface area contributed by atoms with Crippen LogP contribution >= 0.6 is 11.3 Å². The topological polar surface area (TPSA) is 87.1 Å². The maximum atomic E-state index is 10.3. The fourth-order valence-corrected chi connectivity index (χ4v) is 4.58. The fourth-order valence-electron chi connectivity index (χ4n) is 3.75. The maximum absolute atomic E-state index is 10.3. The second-order valence-corrected chi connectivity index (χ2v) is 9.06. The Hall–Kier alpha value is -1.71. The third-order valence-corrected chi connectivity index (χ3v) is 6.61. The summed E-state index contributed by atoms with van der Waals surface area (Å²) in [5.74, 6) is 1.31. The van der Waals surface area contributed by atoms with Crippen LogP contribution < -0.4 is 14.8 Å². The molecule has 172 valence electrons. The van der Waals surface area contributed by atoms with Gasteiger partial charge in [0, 0.05) is 31.1 Å². The Morgan fingerprint density at radius 2 is 2.10 bits per heavy atom. The summed E-state index contributed by atoms with van der Waals surface area (Å²) in [6.45, 7) is 6.16. The summed E-state index contributed by atoms with van der Waals surface area (Å²) in [6.07, 6.45) is 2.88. The molecule has 3 N–H and O–H groups in total. The second kappa shape index (κ2) is 12.4. The zero-order valence-corrected chi connectivity index (χ0v) is 19.4. The van der Waals surface area contributed by atoms with E-state index < -0.39 is 6.10 Å². The number of methoxy groups -OCH3 is 1. The van der Waals surface area contributed by atoms with E-state index in [-0.39, 0.29) is 12.7 Å². The van der Waals surface area contributed by atoms with E-state index in [1.807, 2.05) is 23.7 Å². The Kier molecular flexibility index (Phi) is 9.54. The molecule has 2 heterocycles. The van der Waals surface area contributed by atoms with Crippen LogP contribution in [-0.4, -0.2) is 72.2 Å². The van der Waals surface area contributed by atoms with Crippen LogP contribution in [0.3, 0.4) is 0 Å². The molecule has 0 amide bonds. The van der Waals surface area contributed by atoms with Gasteiger partial charge in [-0.2, -0.15) is 0 Å². The number of piperidine rings is 1. The minimum absolute atomic E-state index is 0.204. The molecule has 3 rings (SSSR count). The molecule has 0 aliphatic carbocycles. The molecule has 1 unspecified atom stereocenters. The Labute approximate surface area is 189 Å². The van der Waals surface area contributed by atoms with Gasteiger partial charge >= 0.3 is 0 Å². The standard InChI is InChI=1S/C23H35N3O4S/c1-17-23(31-16-25-17)4-3-9-24-13-18-5-6-21(22(12-18)29-2)30-15-20(28)14-26-10-7-19(27)8-11-26/h5-6,12,16,19-20,24,27-28H,3-4,7-11,13-15H2,1-2H3. The van der Waals surface area contributed by atoms with Gasteiger partial charge in [0.05, 0.1) is 24.4 Å². The lowest BCUT2D eigenvalue weighted by Gasteiger charge is -2.30. The number of rotatable bonds is 12. The van der Waals surface area contributed by atoms with E-state index in [4.69, 9.17) is 9.47 Å². The van der Waals surface area contributed by atoms with Gasteiger partial charge in [0.1, 0.15) is 12.7 Å². The van der Waals surface area contributed by atoms with Crippen LogP contribution in [0.15, 0.2) is 23.7 Å². The Morgan fingerprint density at radius 1 is 1.29 bits per heavy atom. The Balaban J connectivity index is 1.39. The van der Waals surface area contributed by atoms with Gasteiger partial charge in [0.2, 0.25) is 0 Å². The van der Waals surface area contributed by atoms with Crippen molar-refractivity contribution in [3.8, 4) is 11.5 Å². The first kappa shape index (κ1) is 23.9. The van der Waals surface area contributed by atoms with Crippen molar-refractivity contribution in [3.05, 3.63) is 39.8 Å². The average molecular weight is 450 g/mol. The van der Waals surface area contributed by atoms with Gasteiger partial charge in [-0.25, -0.2) is 4.98 Å². The molecule has 1 fully saturated rings. The normalized spacial score (nSPS) is 16.4. The summed E-state index contributed by atoms with van der Waals surface area (Å²) in [4.78, 5) is 7.83. The minimum atomic E-state index is -0.580. The highest BCUT2D eigenvalue weighted by molar-refractivity contribution is 7.09. The molecule has 1 aromatic heterocycles. The van der Waals surface area contributed by atoms with Gasteiger partial charge in [0.25, 0.3) is 0 Å². The lowest BCUT2D eigenvalue weighted by molar-refractivity contribution is 0.0333. The lowest BCUT2D eigenvalue weighted by Crippen LogP contribution is -2.41. The molecular weight excluding hydrogens is 414 g/mol. The summed E-state index contributed by atoms with van der Waals surface area (Å²) in [5.41, 5.74) is 4.18. The number of likely N-dealkylation sites (tertiary alicyclic amines) is 1. The van der Waals surface area contributed by atoms with Crippen LogP contribution in [-0.2, 0) is 13.0 Å². The van der Waals surface area contributed by atoms with Crippen LogP contribution in [0.1, 0.15) is 35.4 Å². The summed E-state index contributed by atoms with van der Waals surface area (Å²) >= 11 is 1.73. The smallest absolute Gasteiger partial charge is 0.161 e. The molecule has 7 nitrogen and oxygen atoms in total. The van der Waals surface area contributed by atoms with Gasteiger partial charge in [-0.3, -0.25) is 0 Å². The monoisotopic (exact) mass is 449 g/mol. The highest BCUT2D eigenvalue weighted by atomic mass is 32.1. The number of nitrogens with zero attached hydrogens (tertiary/aromatic N) is 2. The Morgan fingerprint density at radius 3 is 2.81 bits per heavy atom. The summed E-state index contributed by atoms with van der Waals surface area (Å²) in [5, 5.41) is 23.4. The molecule has 31 heavy (non-hydrogen) atoms. The molecule has 2 aromatic rings. The highest BCUT2D eigenvalue weighted by Gasteiger charge is 2.20. The lowest BCUT2D eigenvalue weighted by atomic mass is 10.1. The number of aliphatic hydroxyl groups is 2. The van der Waals surface area contributed by atoms with Gasteiger partial charge < -0.3 is 29.9 Å². The van der Waals surface area contributed by atoms with Crippen molar-refractivity contribution in [1.82, 2.24) is 15.2 Å². The van der Waals surface area contributed by atoms with Crippen LogP contribution in [0.5, 0.6) is 11.5 Å². The first-order valence-corrected chi connectivity index (χ1v) is 11.9. The van der Waals surface area contributed by atoms with Gasteiger partial charge in [-0.15, -0.1) is 11.3 Å². The van der Waals surface area contributed by atoms with Crippen LogP contribution in [0.4, 0.5) is 0 Å².